The Kier molecular flexibility index (Phi) is 4.43. The van der Waals surface area contributed by atoms with Crippen molar-refractivity contribution >= 4 is 17.3 Å². The number of nitrogen functional groups attached to an aromatic ring is 1. The molecule has 1 aliphatic carbocycles. The van der Waals surface area contributed by atoms with E-state index in [4.69, 9.17) is 22.1 Å². The van der Waals surface area contributed by atoms with Gasteiger partial charge < -0.3 is 15.6 Å². The van der Waals surface area contributed by atoms with E-state index in [1.54, 1.807) is 12.1 Å². The lowest BCUT2D eigenvalue weighted by Gasteiger charge is -2.44. The number of hydrogen-bond acceptors (Lipinski definition) is 3. The van der Waals surface area contributed by atoms with Crippen molar-refractivity contribution in [3.63, 3.8) is 0 Å². The zero-order chi connectivity index (χ0) is 14.9. The minimum absolute atomic E-state index is 0.00331. The van der Waals surface area contributed by atoms with Gasteiger partial charge in [0.15, 0.2) is 0 Å². The van der Waals surface area contributed by atoms with E-state index in [2.05, 4.69) is 0 Å². The summed E-state index contributed by atoms with van der Waals surface area (Å²) in [6.07, 6.45) is 7.37. The third kappa shape index (κ3) is 3.20. The molecule has 1 spiro atoms. The molecule has 21 heavy (non-hydrogen) atoms. The van der Waals surface area contributed by atoms with E-state index in [0.29, 0.717) is 10.7 Å². The normalized spacial score (nSPS) is 26.7. The summed E-state index contributed by atoms with van der Waals surface area (Å²) in [5.74, 6) is 0.223. The van der Waals surface area contributed by atoms with Gasteiger partial charge >= 0.3 is 0 Å². The fraction of sp³-hybridized carbons (Fsp3) is 0.647. The van der Waals surface area contributed by atoms with Crippen molar-refractivity contribution in [2.24, 2.45) is 5.92 Å². The summed E-state index contributed by atoms with van der Waals surface area (Å²) in [6, 6.07) is 5.37. The second-order valence-electron chi connectivity index (χ2n) is 6.56. The van der Waals surface area contributed by atoms with E-state index in [-0.39, 0.29) is 11.5 Å². The molecule has 4 heteroatoms. The van der Waals surface area contributed by atoms with Crippen molar-refractivity contribution < 1.29 is 9.84 Å². The first-order valence-corrected chi connectivity index (χ1v) is 8.34. The van der Waals surface area contributed by atoms with Crippen LogP contribution < -0.4 is 5.73 Å². The van der Waals surface area contributed by atoms with Gasteiger partial charge in [0.05, 0.1) is 11.7 Å². The molecule has 0 radical (unpaired) electrons. The first kappa shape index (κ1) is 15.1. The highest BCUT2D eigenvalue weighted by molar-refractivity contribution is 6.30. The van der Waals surface area contributed by atoms with E-state index >= 15 is 0 Å². The van der Waals surface area contributed by atoms with Crippen LogP contribution in [0.4, 0.5) is 5.69 Å². The van der Waals surface area contributed by atoms with Gasteiger partial charge in [0.2, 0.25) is 0 Å². The van der Waals surface area contributed by atoms with Gasteiger partial charge in [0.1, 0.15) is 0 Å². The smallest absolute Gasteiger partial charge is 0.0839 e. The first-order chi connectivity index (χ1) is 10.1. The van der Waals surface area contributed by atoms with Gasteiger partial charge in [-0.05, 0) is 43.7 Å². The molecule has 3 nitrogen and oxygen atoms in total. The van der Waals surface area contributed by atoms with Crippen LogP contribution in [0.15, 0.2) is 18.2 Å². The van der Waals surface area contributed by atoms with Crippen molar-refractivity contribution in [2.75, 3.05) is 12.3 Å². The topological polar surface area (TPSA) is 55.5 Å². The Morgan fingerprint density at radius 3 is 2.76 bits per heavy atom. The average Bonchev–Trinajstić information content (AvgIpc) is 2.47. The van der Waals surface area contributed by atoms with Crippen LogP contribution in [0.2, 0.25) is 5.02 Å². The van der Waals surface area contributed by atoms with Gasteiger partial charge in [0.25, 0.3) is 0 Å². The number of anilines is 1. The summed E-state index contributed by atoms with van der Waals surface area (Å²) < 4.78 is 6.11. The van der Waals surface area contributed by atoms with E-state index in [9.17, 15) is 5.11 Å². The Morgan fingerprint density at radius 2 is 2.05 bits per heavy atom. The van der Waals surface area contributed by atoms with Crippen LogP contribution in [0.1, 0.15) is 56.6 Å². The Bertz CT molecular complexity index is 494. The highest BCUT2D eigenvalue weighted by atomic mass is 35.5. The van der Waals surface area contributed by atoms with E-state index in [0.717, 1.165) is 37.9 Å². The quantitative estimate of drug-likeness (QED) is 0.809. The first-order valence-electron chi connectivity index (χ1n) is 7.97. The van der Waals surface area contributed by atoms with Crippen molar-refractivity contribution in [2.45, 2.75) is 56.7 Å². The molecule has 1 aromatic carbocycles. The molecule has 3 N–H and O–H groups in total. The van der Waals surface area contributed by atoms with Crippen LogP contribution in [0, 0.1) is 5.92 Å². The van der Waals surface area contributed by atoms with Crippen LogP contribution in [-0.4, -0.2) is 17.3 Å². The molecule has 2 fully saturated rings. The maximum absolute atomic E-state index is 10.8. The fourth-order valence-electron chi connectivity index (χ4n) is 3.95. The van der Waals surface area contributed by atoms with Gasteiger partial charge in [-0.3, -0.25) is 0 Å². The number of aliphatic hydroxyl groups excluding tert-OH is 1. The molecule has 0 aromatic heterocycles. The van der Waals surface area contributed by atoms with Crippen LogP contribution in [0.25, 0.3) is 0 Å². The third-order valence-corrected chi connectivity index (χ3v) is 5.34. The number of hydrogen-bond donors (Lipinski definition) is 2. The van der Waals surface area contributed by atoms with Crippen molar-refractivity contribution in [3.8, 4) is 0 Å². The summed E-state index contributed by atoms with van der Waals surface area (Å²) in [5.41, 5.74) is 7.41. The maximum Gasteiger partial charge on any atom is 0.0839 e. The Balaban J connectivity index is 1.76. The molecule has 2 atom stereocenters. The molecule has 1 saturated carbocycles. The molecule has 1 heterocycles. The van der Waals surface area contributed by atoms with Crippen LogP contribution >= 0.6 is 11.6 Å². The molecule has 1 aromatic rings. The number of halogens is 1. The van der Waals surface area contributed by atoms with Gasteiger partial charge in [-0.1, -0.05) is 36.9 Å². The molecule has 3 rings (SSSR count). The summed E-state index contributed by atoms with van der Waals surface area (Å²) in [6.45, 7) is 0.745. The predicted molar refractivity (Wildman–Crippen MR) is 85.3 cm³/mol. The number of ether oxygens (including phenoxy) is 1. The Hall–Kier alpha value is -0.770. The van der Waals surface area contributed by atoms with E-state index in [1.807, 2.05) is 6.07 Å². The third-order valence-electron chi connectivity index (χ3n) is 5.11. The van der Waals surface area contributed by atoms with Gasteiger partial charge in [-0.15, -0.1) is 0 Å². The van der Waals surface area contributed by atoms with E-state index < -0.39 is 6.10 Å². The van der Waals surface area contributed by atoms with Crippen molar-refractivity contribution in [1.82, 2.24) is 0 Å². The largest absolute Gasteiger partial charge is 0.398 e. The second-order valence-corrected chi connectivity index (χ2v) is 7.00. The summed E-state index contributed by atoms with van der Waals surface area (Å²) in [5, 5.41) is 11.4. The summed E-state index contributed by atoms with van der Waals surface area (Å²) in [7, 11) is 0. The monoisotopic (exact) mass is 309 g/mol. The second kappa shape index (κ2) is 6.15. The number of nitrogens with two attached hydrogens (primary N) is 1. The van der Waals surface area contributed by atoms with Crippen molar-refractivity contribution in [1.29, 1.82) is 0 Å². The van der Waals surface area contributed by atoms with Gasteiger partial charge in [-0.25, -0.2) is 0 Å². The Morgan fingerprint density at radius 1 is 1.29 bits per heavy atom. The molecular weight excluding hydrogens is 286 g/mol. The highest BCUT2D eigenvalue weighted by Gasteiger charge is 2.41. The molecule has 1 aliphatic heterocycles. The lowest BCUT2D eigenvalue weighted by atomic mass is 9.73. The molecule has 0 amide bonds. The van der Waals surface area contributed by atoms with Crippen LogP contribution in [-0.2, 0) is 4.74 Å². The molecule has 2 aliphatic rings. The minimum Gasteiger partial charge on any atom is -0.398 e. The molecular formula is C17H24ClNO2. The average molecular weight is 310 g/mol. The predicted octanol–water partition coefficient (Wildman–Crippen LogP) is 4.09. The number of benzene rings is 1. The molecule has 0 bridgehead atoms. The number of aliphatic hydroxyl groups is 1. The van der Waals surface area contributed by atoms with Crippen LogP contribution in [0.3, 0.4) is 0 Å². The van der Waals surface area contributed by atoms with Crippen LogP contribution in [0.5, 0.6) is 0 Å². The van der Waals surface area contributed by atoms with E-state index in [1.165, 1.54) is 19.3 Å². The lowest BCUT2D eigenvalue weighted by molar-refractivity contribution is -0.134. The zero-order valence-corrected chi connectivity index (χ0v) is 13.1. The van der Waals surface area contributed by atoms with Crippen molar-refractivity contribution in [3.05, 3.63) is 28.8 Å². The zero-order valence-electron chi connectivity index (χ0n) is 12.4. The maximum atomic E-state index is 10.8. The molecule has 116 valence electrons. The highest BCUT2D eigenvalue weighted by Crippen LogP contribution is 2.45. The molecule has 1 saturated heterocycles. The molecule has 2 unspecified atom stereocenters. The summed E-state index contributed by atoms with van der Waals surface area (Å²) >= 11 is 5.94. The SMILES string of the molecule is Nc1cc(Cl)ccc1C(O)C1CCOC2(CCCCC2)C1. The lowest BCUT2D eigenvalue weighted by Crippen LogP contribution is -2.42. The minimum atomic E-state index is -0.523. The van der Waals surface area contributed by atoms with Gasteiger partial charge in [0, 0.05) is 22.9 Å². The standard InChI is InChI=1S/C17H24ClNO2/c18-13-4-5-14(15(19)10-13)16(20)12-6-9-21-17(11-12)7-2-1-3-8-17/h4-5,10,12,16,20H,1-3,6-9,11,19H2. The fourth-order valence-corrected chi connectivity index (χ4v) is 4.13. The summed E-state index contributed by atoms with van der Waals surface area (Å²) in [4.78, 5) is 0. The van der Waals surface area contributed by atoms with Gasteiger partial charge in [-0.2, -0.15) is 0 Å². The Labute approximate surface area is 131 Å². The number of rotatable bonds is 2.